The molecule has 4 rings (SSSR count). The molecule has 1 saturated heterocycles. The molecule has 0 spiro atoms. The number of carbonyl (C=O) groups is 1. The number of fused-ring (bicyclic) bond motifs is 4. The summed E-state index contributed by atoms with van der Waals surface area (Å²) in [7, 11) is 0. The predicted molar refractivity (Wildman–Crippen MR) is 71.9 cm³/mol. The fourth-order valence-corrected chi connectivity index (χ4v) is 4.12. The Morgan fingerprint density at radius 1 is 1.29 bits per heavy atom. The molecule has 1 fully saturated rings. The first kappa shape index (κ1) is 12.8. The lowest BCUT2D eigenvalue weighted by molar-refractivity contribution is 0.0638. The number of amides is 1. The highest BCUT2D eigenvalue weighted by atomic mass is 32.1. The van der Waals surface area contributed by atoms with E-state index in [0.717, 1.165) is 35.5 Å². The van der Waals surface area contributed by atoms with Crippen LogP contribution in [0.5, 0.6) is 0 Å². The van der Waals surface area contributed by atoms with Crippen LogP contribution in [0.3, 0.4) is 0 Å². The minimum Gasteiger partial charge on any atom is -0.327 e. The molecule has 4 nitrogen and oxygen atoms in total. The van der Waals surface area contributed by atoms with Crippen molar-refractivity contribution in [2.45, 2.75) is 31.3 Å². The van der Waals surface area contributed by atoms with Gasteiger partial charge >= 0.3 is 0 Å². The van der Waals surface area contributed by atoms with Crippen molar-refractivity contribution < 1.29 is 13.6 Å². The van der Waals surface area contributed by atoms with Crippen molar-refractivity contribution in [3.05, 3.63) is 46.0 Å². The average Bonchev–Trinajstić information content (AvgIpc) is 3.03. The van der Waals surface area contributed by atoms with Gasteiger partial charge in [0.15, 0.2) is 0 Å². The van der Waals surface area contributed by atoms with E-state index in [9.17, 15) is 13.6 Å². The molecule has 0 saturated carbocycles. The zero-order valence-corrected chi connectivity index (χ0v) is 11.7. The van der Waals surface area contributed by atoms with Crippen molar-refractivity contribution in [1.29, 1.82) is 0 Å². The van der Waals surface area contributed by atoms with E-state index in [4.69, 9.17) is 0 Å². The monoisotopic (exact) mass is 307 g/mol. The summed E-state index contributed by atoms with van der Waals surface area (Å²) < 4.78 is 31.6. The summed E-state index contributed by atoms with van der Waals surface area (Å²) in [6, 6.07) is 3.30. The Kier molecular flexibility index (Phi) is 2.78. The Labute approximate surface area is 123 Å². The number of hydrogen-bond acceptors (Lipinski definition) is 4. The largest absolute Gasteiger partial charge is 0.327 e. The number of halogens is 2. The predicted octanol–water partition coefficient (Wildman–Crippen LogP) is 2.72. The van der Waals surface area contributed by atoms with E-state index in [1.54, 1.807) is 4.90 Å². The second-order valence-corrected chi connectivity index (χ2v) is 6.13. The molecular formula is C14H11F2N3OS. The van der Waals surface area contributed by atoms with Crippen molar-refractivity contribution in [2.75, 3.05) is 0 Å². The van der Waals surface area contributed by atoms with Gasteiger partial charge in [0.2, 0.25) is 0 Å². The van der Waals surface area contributed by atoms with Crippen molar-refractivity contribution in [2.24, 2.45) is 0 Å². The van der Waals surface area contributed by atoms with E-state index in [-0.39, 0.29) is 12.1 Å². The van der Waals surface area contributed by atoms with E-state index < -0.39 is 23.1 Å². The Bertz CT molecular complexity index is 713. The molecule has 0 N–H and O–H groups in total. The van der Waals surface area contributed by atoms with E-state index in [0.29, 0.717) is 6.42 Å². The number of rotatable bonds is 1. The van der Waals surface area contributed by atoms with Crippen LogP contribution in [-0.4, -0.2) is 26.4 Å². The van der Waals surface area contributed by atoms with E-state index >= 15 is 0 Å². The van der Waals surface area contributed by atoms with Crippen molar-refractivity contribution in [3.63, 3.8) is 0 Å². The van der Waals surface area contributed by atoms with Gasteiger partial charge in [0.05, 0.1) is 16.6 Å². The maximum absolute atomic E-state index is 13.9. The van der Waals surface area contributed by atoms with Crippen LogP contribution in [0.15, 0.2) is 18.2 Å². The van der Waals surface area contributed by atoms with Gasteiger partial charge < -0.3 is 4.90 Å². The lowest BCUT2D eigenvalue weighted by Crippen LogP contribution is -2.42. The van der Waals surface area contributed by atoms with Crippen molar-refractivity contribution in [1.82, 2.24) is 14.5 Å². The Hall–Kier alpha value is -1.89. The fraction of sp³-hybridized carbons (Fsp3) is 0.357. The maximum Gasteiger partial charge on any atom is 0.260 e. The summed E-state index contributed by atoms with van der Waals surface area (Å²) in [5.41, 5.74) is 0.459. The highest BCUT2D eigenvalue weighted by Crippen LogP contribution is 2.45. The number of aromatic nitrogens is 2. The highest BCUT2D eigenvalue weighted by molar-refractivity contribution is 7.05. The molecule has 0 aliphatic carbocycles. The molecule has 2 atom stereocenters. The van der Waals surface area contributed by atoms with E-state index in [2.05, 4.69) is 9.59 Å². The van der Waals surface area contributed by atoms with E-state index in [1.165, 1.54) is 17.6 Å². The number of nitrogens with zero attached hydrogens (tertiary/aromatic N) is 3. The topological polar surface area (TPSA) is 46.1 Å². The summed E-state index contributed by atoms with van der Waals surface area (Å²) in [6.07, 6.45) is 2.24. The van der Waals surface area contributed by atoms with Gasteiger partial charge in [-0.3, -0.25) is 4.79 Å². The molecule has 0 radical (unpaired) electrons. The van der Waals surface area contributed by atoms with Crippen LogP contribution in [0.2, 0.25) is 0 Å². The van der Waals surface area contributed by atoms with Crippen LogP contribution in [0.1, 0.15) is 39.8 Å². The van der Waals surface area contributed by atoms with Crippen LogP contribution >= 0.6 is 11.5 Å². The summed E-state index contributed by atoms with van der Waals surface area (Å²) >= 11 is 1.27. The number of hydrogen-bond donors (Lipinski definition) is 0. The Morgan fingerprint density at radius 2 is 2.05 bits per heavy atom. The first-order valence-corrected chi connectivity index (χ1v) is 7.52. The van der Waals surface area contributed by atoms with E-state index in [1.807, 2.05) is 0 Å². The van der Waals surface area contributed by atoms with Crippen LogP contribution < -0.4 is 0 Å². The standard InChI is InChI=1S/C14H11F2N3OS/c15-8-2-1-3-9(16)12(8)14(20)19-7-4-5-11(19)13-10(6-7)17-18-21-13/h1-3,7,11H,4-6H2/t7-,11-/m1/s1. The Balaban J connectivity index is 1.77. The SMILES string of the molecule is O=C(c1c(F)cccc1F)N1[C@@H]2CC[C@@H]1c1snnc1C2. The highest BCUT2D eigenvalue weighted by Gasteiger charge is 2.45. The maximum atomic E-state index is 13.9. The lowest BCUT2D eigenvalue weighted by Gasteiger charge is -2.33. The summed E-state index contributed by atoms with van der Waals surface area (Å²) in [6.45, 7) is 0. The lowest BCUT2D eigenvalue weighted by atomic mass is 10.0. The molecule has 1 aromatic heterocycles. The van der Waals surface area contributed by atoms with Gasteiger partial charge in [-0.05, 0) is 36.5 Å². The third-order valence-electron chi connectivity index (χ3n) is 4.23. The quantitative estimate of drug-likeness (QED) is 0.814. The number of benzene rings is 1. The fourth-order valence-electron chi connectivity index (χ4n) is 3.31. The van der Waals surface area contributed by atoms with Crippen molar-refractivity contribution in [3.8, 4) is 0 Å². The van der Waals surface area contributed by atoms with Crippen LogP contribution in [-0.2, 0) is 6.42 Å². The molecule has 3 heterocycles. The Morgan fingerprint density at radius 3 is 2.81 bits per heavy atom. The molecular weight excluding hydrogens is 296 g/mol. The molecule has 2 aliphatic heterocycles. The van der Waals surface area contributed by atoms with Crippen molar-refractivity contribution >= 4 is 17.4 Å². The van der Waals surface area contributed by atoms with Crippen LogP contribution in [0, 0.1) is 11.6 Å². The van der Waals surface area contributed by atoms with Crippen LogP contribution in [0.4, 0.5) is 8.78 Å². The molecule has 2 aromatic rings. The number of carbonyl (C=O) groups excluding carboxylic acids is 1. The molecule has 0 unspecified atom stereocenters. The van der Waals surface area contributed by atoms with Gasteiger partial charge in [-0.25, -0.2) is 8.78 Å². The zero-order chi connectivity index (χ0) is 14.6. The zero-order valence-electron chi connectivity index (χ0n) is 10.9. The van der Waals surface area contributed by atoms with Gasteiger partial charge in [-0.1, -0.05) is 10.6 Å². The molecule has 1 amide bonds. The third-order valence-corrected chi connectivity index (χ3v) is 5.10. The second-order valence-electron chi connectivity index (χ2n) is 5.34. The molecule has 7 heteroatoms. The van der Waals surface area contributed by atoms with Gasteiger partial charge in [0.1, 0.15) is 17.2 Å². The molecule has 2 aliphatic rings. The average molecular weight is 307 g/mol. The summed E-state index contributed by atoms with van der Waals surface area (Å²) in [4.78, 5) is 15.2. The van der Waals surface area contributed by atoms with Crippen LogP contribution in [0.25, 0.3) is 0 Å². The smallest absolute Gasteiger partial charge is 0.260 e. The first-order valence-electron chi connectivity index (χ1n) is 6.74. The van der Waals surface area contributed by atoms with Gasteiger partial charge in [0, 0.05) is 12.5 Å². The van der Waals surface area contributed by atoms with Gasteiger partial charge in [0.25, 0.3) is 5.91 Å². The normalized spacial score (nSPS) is 23.2. The van der Waals surface area contributed by atoms with Gasteiger partial charge in [-0.2, -0.15) is 0 Å². The molecule has 1 aromatic carbocycles. The van der Waals surface area contributed by atoms with Gasteiger partial charge in [-0.15, -0.1) is 5.10 Å². The minimum atomic E-state index is -0.812. The molecule has 108 valence electrons. The molecule has 21 heavy (non-hydrogen) atoms. The minimum absolute atomic E-state index is 0.0436. The third kappa shape index (κ3) is 1.80. The summed E-state index contributed by atoms with van der Waals surface area (Å²) in [5.74, 6) is -2.20. The first-order chi connectivity index (χ1) is 10.2. The molecule has 2 bridgehead atoms. The second kappa shape index (κ2) is 4.56. The summed E-state index contributed by atoms with van der Waals surface area (Å²) in [5, 5.41) is 4.08.